The van der Waals surface area contributed by atoms with Gasteiger partial charge in [-0.1, -0.05) is 36.8 Å². The summed E-state index contributed by atoms with van der Waals surface area (Å²) in [4.78, 5) is 0.205. The smallest absolute Gasteiger partial charge is 0.277 e. The summed E-state index contributed by atoms with van der Waals surface area (Å²) in [5, 5.41) is 12.4. The second-order valence-corrected chi connectivity index (χ2v) is 8.95. The van der Waals surface area contributed by atoms with E-state index in [4.69, 9.17) is 8.94 Å². The van der Waals surface area contributed by atoms with Crippen LogP contribution >= 0.6 is 11.8 Å². The molecule has 0 fully saturated rings. The standard InChI is InChI=1S/C18H22N4O4S2/c1-5-22(6-2)28(23,24)15-9-7-8-14(10-15)17-19-20-18(25-17)27-11-16-12(3)21-26-13(16)4/h7-10H,5-6,11H2,1-4H3. The highest BCUT2D eigenvalue weighted by molar-refractivity contribution is 7.98. The van der Waals surface area contributed by atoms with Gasteiger partial charge in [0.1, 0.15) is 5.76 Å². The first-order chi connectivity index (χ1) is 13.4. The van der Waals surface area contributed by atoms with Crippen molar-refractivity contribution in [1.82, 2.24) is 19.7 Å². The molecule has 0 saturated carbocycles. The summed E-state index contributed by atoms with van der Waals surface area (Å²) in [5.74, 6) is 1.64. The molecule has 0 aliphatic heterocycles. The molecule has 2 heterocycles. The molecule has 2 aromatic heterocycles. The van der Waals surface area contributed by atoms with E-state index < -0.39 is 10.0 Å². The Balaban J connectivity index is 1.80. The Morgan fingerprint density at radius 2 is 1.89 bits per heavy atom. The zero-order valence-corrected chi connectivity index (χ0v) is 17.8. The zero-order chi connectivity index (χ0) is 20.3. The number of sulfonamides is 1. The fraction of sp³-hybridized carbons (Fsp3) is 0.389. The first kappa shape index (κ1) is 20.6. The lowest BCUT2D eigenvalue weighted by Crippen LogP contribution is -2.30. The SMILES string of the molecule is CCN(CC)S(=O)(=O)c1cccc(-c2nnc(SCc3c(C)noc3C)o2)c1. The Morgan fingerprint density at radius 3 is 2.54 bits per heavy atom. The van der Waals surface area contributed by atoms with Gasteiger partial charge in [-0.25, -0.2) is 8.42 Å². The number of hydrogen-bond acceptors (Lipinski definition) is 8. The van der Waals surface area contributed by atoms with Crippen molar-refractivity contribution >= 4 is 21.8 Å². The minimum Gasteiger partial charge on any atom is -0.411 e. The molecule has 3 rings (SSSR count). The molecule has 8 nitrogen and oxygen atoms in total. The molecule has 0 bridgehead atoms. The predicted octanol–water partition coefficient (Wildman–Crippen LogP) is 3.66. The van der Waals surface area contributed by atoms with Crippen molar-refractivity contribution in [3.63, 3.8) is 0 Å². The number of rotatable bonds is 8. The molecule has 0 aliphatic rings. The van der Waals surface area contributed by atoms with Gasteiger partial charge in [0.15, 0.2) is 0 Å². The molecule has 0 atom stereocenters. The molecular weight excluding hydrogens is 400 g/mol. The van der Waals surface area contributed by atoms with Crippen molar-refractivity contribution in [2.75, 3.05) is 13.1 Å². The van der Waals surface area contributed by atoms with Crippen LogP contribution in [-0.4, -0.2) is 41.2 Å². The van der Waals surface area contributed by atoms with Crippen LogP contribution < -0.4 is 0 Å². The normalized spacial score (nSPS) is 12.0. The maximum atomic E-state index is 12.7. The fourth-order valence-corrected chi connectivity index (χ4v) is 5.15. The van der Waals surface area contributed by atoms with E-state index in [1.807, 2.05) is 27.7 Å². The van der Waals surface area contributed by atoms with Gasteiger partial charge in [-0.05, 0) is 32.0 Å². The van der Waals surface area contributed by atoms with E-state index in [0.29, 0.717) is 29.6 Å². The maximum absolute atomic E-state index is 12.7. The highest BCUT2D eigenvalue weighted by Gasteiger charge is 2.22. The molecule has 0 N–H and O–H groups in total. The number of aryl methyl sites for hydroxylation is 2. The quantitative estimate of drug-likeness (QED) is 0.507. The minimum atomic E-state index is -3.55. The second kappa shape index (κ2) is 8.46. The third-order valence-corrected chi connectivity index (χ3v) is 7.24. The first-order valence-electron chi connectivity index (χ1n) is 8.85. The summed E-state index contributed by atoms with van der Waals surface area (Å²) in [7, 11) is -3.55. The summed E-state index contributed by atoms with van der Waals surface area (Å²) in [6.07, 6.45) is 0. The van der Waals surface area contributed by atoms with Crippen LogP contribution in [0, 0.1) is 13.8 Å². The van der Waals surface area contributed by atoms with E-state index >= 15 is 0 Å². The van der Waals surface area contributed by atoms with Crippen molar-refractivity contribution in [2.24, 2.45) is 0 Å². The number of nitrogens with zero attached hydrogens (tertiary/aromatic N) is 4. The first-order valence-corrected chi connectivity index (χ1v) is 11.3. The molecule has 0 amide bonds. The Hall–Kier alpha value is -2.17. The van der Waals surface area contributed by atoms with Crippen molar-refractivity contribution in [1.29, 1.82) is 0 Å². The summed E-state index contributed by atoms with van der Waals surface area (Å²) in [5.41, 5.74) is 2.39. The van der Waals surface area contributed by atoms with Gasteiger partial charge in [0.05, 0.1) is 10.6 Å². The molecule has 0 aliphatic carbocycles. The average molecular weight is 423 g/mol. The van der Waals surface area contributed by atoms with Crippen molar-refractivity contribution in [2.45, 2.75) is 43.6 Å². The Kier molecular flexibility index (Phi) is 6.21. The van der Waals surface area contributed by atoms with E-state index in [2.05, 4.69) is 15.4 Å². The molecule has 3 aromatic rings. The molecule has 0 saturated heterocycles. The van der Waals surface area contributed by atoms with Gasteiger partial charge in [-0.2, -0.15) is 4.31 Å². The molecule has 0 radical (unpaired) electrons. The van der Waals surface area contributed by atoms with Crippen LogP contribution in [0.25, 0.3) is 11.5 Å². The predicted molar refractivity (Wildman–Crippen MR) is 105 cm³/mol. The molecule has 28 heavy (non-hydrogen) atoms. The van der Waals surface area contributed by atoms with E-state index in [-0.39, 0.29) is 10.8 Å². The highest BCUT2D eigenvalue weighted by Crippen LogP contribution is 2.29. The summed E-state index contributed by atoms with van der Waals surface area (Å²) < 4.78 is 37.7. The average Bonchev–Trinajstić information content (AvgIpc) is 3.28. The topological polar surface area (TPSA) is 102 Å². The van der Waals surface area contributed by atoms with Gasteiger partial charge in [0.2, 0.25) is 15.9 Å². The number of aromatic nitrogens is 3. The van der Waals surface area contributed by atoms with Crippen molar-refractivity contribution < 1.29 is 17.4 Å². The Bertz CT molecular complexity index is 1040. The molecule has 0 unspecified atom stereocenters. The third kappa shape index (κ3) is 4.13. The molecule has 1 aromatic carbocycles. The number of thioether (sulfide) groups is 1. The minimum absolute atomic E-state index is 0.205. The van der Waals surface area contributed by atoms with E-state index in [9.17, 15) is 8.42 Å². The van der Waals surface area contributed by atoms with Crippen LogP contribution in [0.5, 0.6) is 0 Å². The summed E-state index contributed by atoms with van der Waals surface area (Å²) in [6, 6.07) is 6.55. The maximum Gasteiger partial charge on any atom is 0.277 e. The van der Waals surface area contributed by atoms with Crippen molar-refractivity contribution in [3.05, 3.63) is 41.3 Å². The highest BCUT2D eigenvalue weighted by atomic mass is 32.2. The van der Waals surface area contributed by atoms with Crippen LogP contribution in [0.1, 0.15) is 30.9 Å². The lowest BCUT2D eigenvalue weighted by molar-refractivity contribution is 0.392. The van der Waals surface area contributed by atoms with Gasteiger partial charge in [-0.3, -0.25) is 0 Å². The van der Waals surface area contributed by atoms with Gasteiger partial charge < -0.3 is 8.94 Å². The molecule has 0 spiro atoms. The van der Waals surface area contributed by atoms with Gasteiger partial charge in [0, 0.05) is 30.0 Å². The second-order valence-electron chi connectivity index (χ2n) is 6.08. The fourth-order valence-electron chi connectivity index (χ4n) is 2.73. The van der Waals surface area contributed by atoms with Crippen LogP contribution in [0.2, 0.25) is 0 Å². The Morgan fingerprint density at radius 1 is 1.14 bits per heavy atom. The van der Waals surface area contributed by atoms with Gasteiger partial charge in [-0.15, -0.1) is 10.2 Å². The van der Waals surface area contributed by atoms with Crippen LogP contribution in [0.15, 0.2) is 43.3 Å². The number of benzene rings is 1. The molecule has 10 heteroatoms. The van der Waals surface area contributed by atoms with Crippen molar-refractivity contribution in [3.8, 4) is 11.5 Å². The Labute approximate surface area is 168 Å². The molecular formula is C18H22N4O4S2. The van der Waals surface area contributed by atoms with E-state index in [1.165, 1.54) is 16.1 Å². The molecule has 150 valence electrons. The summed E-state index contributed by atoms with van der Waals surface area (Å²) >= 11 is 1.38. The monoisotopic (exact) mass is 422 g/mol. The zero-order valence-electron chi connectivity index (χ0n) is 16.2. The van der Waals surface area contributed by atoms with Gasteiger partial charge in [0.25, 0.3) is 5.22 Å². The lowest BCUT2D eigenvalue weighted by atomic mass is 10.2. The largest absolute Gasteiger partial charge is 0.411 e. The third-order valence-electron chi connectivity index (χ3n) is 4.35. The number of hydrogen-bond donors (Lipinski definition) is 0. The van der Waals surface area contributed by atoms with Crippen LogP contribution in [0.4, 0.5) is 0 Å². The summed E-state index contributed by atoms with van der Waals surface area (Å²) in [6.45, 7) is 8.18. The van der Waals surface area contributed by atoms with Crippen LogP contribution in [-0.2, 0) is 15.8 Å². The van der Waals surface area contributed by atoms with E-state index in [0.717, 1.165) is 17.0 Å². The van der Waals surface area contributed by atoms with E-state index in [1.54, 1.807) is 24.3 Å². The van der Waals surface area contributed by atoms with Crippen LogP contribution in [0.3, 0.4) is 0 Å². The lowest BCUT2D eigenvalue weighted by Gasteiger charge is -2.18. The van der Waals surface area contributed by atoms with Gasteiger partial charge >= 0.3 is 0 Å².